The van der Waals surface area contributed by atoms with Gasteiger partial charge in [-0.25, -0.2) is 8.91 Å². The van der Waals surface area contributed by atoms with Crippen molar-refractivity contribution in [3.05, 3.63) is 58.8 Å². The van der Waals surface area contributed by atoms with Crippen LogP contribution < -0.4 is 4.74 Å². The summed E-state index contributed by atoms with van der Waals surface area (Å²) in [6.45, 7) is -0.272. The number of aliphatic hydroxyl groups excluding tert-OH is 1. The van der Waals surface area contributed by atoms with Crippen LogP contribution in [-0.2, 0) is 0 Å². The van der Waals surface area contributed by atoms with Gasteiger partial charge in [0.05, 0.1) is 24.7 Å². The first-order valence-corrected chi connectivity index (χ1v) is 6.98. The van der Waals surface area contributed by atoms with Crippen LogP contribution in [0.15, 0.2) is 47.3 Å². The number of pyridine rings is 2. The Morgan fingerprint density at radius 1 is 1.38 bits per heavy atom. The molecule has 0 bridgehead atoms. The normalized spacial score (nSPS) is 12.5. The van der Waals surface area contributed by atoms with Gasteiger partial charge in [-0.15, -0.1) is 0 Å². The molecule has 0 spiro atoms. The first-order chi connectivity index (χ1) is 10.2. The van der Waals surface area contributed by atoms with E-state index in [2.05, 4.69) is 26.0 Å². The quantitative estimate of drug-likeness (QED) is 0.785. The van der Waals surface area contributed by atoms with Crippen LogP contribution in [0.5, 0.6) is 5.75 Å². The molecule has 0 aromatic carbocycles. The number of aliphatic hydroxyl groups is 1. The molecule has 1 atom stereocenters. The predicted molar refractivity (Wildman–Crippen MR) is 77.5 cm³/mol. The van der Waals surface area contributed by atoms with E-state index in [0.717, 1.165) is 16.2 Å². The zero-order valence-electron chi connectivity index (χ0n) is 10.8. The van der Waals surface area contributed by atoms with E-state index in [-0.39, 0.29) is 6.61 Å². The maximum atomic E-state index is 12.9. The predicted octanol–water partition coefficient (Wildman–Crippen LogP) is 2.74. The molecule has 0 aliphatic carbocycles. The van der Waals surface area contributed by atoms with Crippen LogP contribution in [0.2, 0.25) is 0 Å². The lowest BCUT2D eigenvalue weighted by Crippen LogP contribution is -2.14. The smallest absolute Gasteiger partial charge is 0.163 e. The van der Waals surface area contributed by atoms with Gasteiger partial charge in [-0.2, -0.15) is 5.10 Å². The van der Waals surface area contributed by atoms with Crippen molar-refractivity contribution in [2.45, 2.75) is 6.10 Å². The number of nitrogens with zero attached hydrogens (tertiary/aromatic N) is 3. The van der Waals surface area contributed by atoms with Crippen molar-refractivity contribution in [1.29, 1.82) is 0 Å². The van der Waals surface area contributed by atoms with Crippen molar-refractivity contribution in [3.8, 4) is 5.75 Å². The monoisotopic (exact) mass is 351 g/mol. The van der Waals surface area contributed by atoms with E-state index in [1.54, 1.807) is 29.0 Å². The number of halogens is 2. The SMILES string of the molecule is OCC(Oc1cc(Br)cn2nccc12)c1ccc(F)cn1. The second kappa shape index (κ2) is 5.79. The van der Waals surface area contributed by atoms with Crippen molar-refractivity contribution < 1.29 is 14.2 Å². The van der Waals surface area contributed by atoms with Crippen molar-refractivity contribution in [1.82, 2.24) is 14.6 Å². The van der Waals surface area contributed by atoms with Gasteiger partial charge in [0.2, 0.25) is 0 Å². The highest BCUT2D eigenvalue weighted by Crippen LogP contribution is 2.28. The Kier molecular flexibility index (Phi) is 3.85. The summed E-state index contributed by atoms with van der Waals surface area (Å²) in [6.07, 6.45) is 3.86. The molecular weight excluding hydrogens is 341 g/mol. The minimum absolute atomic E-state index is 0.272. The third-order valence-corrected chi connectivity index (χ3v) is 3.39. The van der Waals surface area contributed by atoms with Gasteiger partial charge in [0, 0.05) is 10.7 Å². The molecule has 0 amide bonds. The lowest BCUT2D eigenvalue weighted by atomic mass is 10.2. The van der Waals surface area contributed by atoms with Crippen LogP contribution in [0.3, 0.4) is 0 Å². The number of fused-ring (bicyclic) bond motifs is 1. The van der Waals surface area contributed by atoms with E-state index in [0.29, 0.717) is 11.4 Å². The standard InChI is InChI=1S/C14H11BrFN3O2/c15-9-5-13(12-3-4-18-19(12)7-9)21-14(8-20)11-2-1-10(16)6-17-11/h1-7,14,20H,8H2. The highest BCUT2D eigenvalue weighted by molar-refractivity contribution is 9.10. The van der Waals surface area contributed by atoms with Crippen LogP contribution >= 0.6 is 15.9 Å². The minimum atomic E-state index is -0.682. The lowest BCUT2D eigenvalue weighted by Gasteiger charge is -2.17. The van der Waals surface area contributed by atoms with Crippen LogP contribution in [0.4, 0.5) is 4.39 Å². The third kappa shape index (κ3) is 2.88. The molecular formula is C14H11BrFN3O2. The zero-order valence-corrected chi connectivity index (χ0v) is 12.4. The maximum Gasteiger partial charge on any atom is 0.163 e. The largest absolute Gasteiger partial charge is 0.479 e. The van der Waals surface area contributed by atoms with Crippen molar-refractivity contribution >= 4 is 21.4 Å². The number of ether oxygens (including phenoxy) is 1. The molecule has 1 N–H and O–H groups in total. The molecule has 0 aliphatic heterocycles. The van der Waals surface area contributed by atoms with E-state index < -0.39 is 11.9 Å². The van der Waals surface area contributed by atoms with Gasteiger partial charge in [0.1, 0.15) is 17.1 Å². The molecule has 1 unspecified atom stereocenters. The molecule has 0 fully saturated rings. The van der Waals surface area contributed by atoms with E-state index in [4.69, 9.17) is 4.74 Å². The molecule has 7 heteroatoms. The van der Waals surface area contributed by atoms with Gasteiger partial charge >= 0.3 is 0 Å². The topological polar surface area (TPSA) is 59.7 Å². The van der Waals surface area contributed by atoms with Gasteiger partial charge in [0.25, 0.3) is 0 Å². The molecule has 0 saturated carbocycles. The number of hydrogen-bond donors (Lipinski definition) is 1. The number of aromatic nitrogens is 3. The highest BCUT2D eigenvalue weighted by atomic mass is 79.9. The number of hydrogen-bond acceptors (Lipinski definition) is 4. The molecule has 0 aliphatic rings. The van der Waals surface area contributed by atoms with Crippen LogP contribution in [0, 0.1) is 5.82 Å². The van der Waals surface area contributed by atoms with Gasteiger partial charge in [-0.05, 0) is 40.2 Å². The summed E-state index contributed by atoms with van der Waals surface area (Å²) in [5, 5.41) is 13.6. The molecule has 3 aromatic heterocycles. The van der Waals surface area contributed by atoms with Crippen molar-refractivity contribution in [3.63, 3.8) is 0 Å². The number of rotatable bonds is 4. The molecule has 3 heterocycles. The van der Waals surface area contributed by atoms with Gasteiger partial charge in [-0.1, -0.05) is 0 Å². The summed E-state index contributed by atoms with van der Waals surface area (Å²) in [5.74, 6) is 0.114. The first kappa shape index (κ1) is 14.0. The van der Waals surface area contributed by atoms with E-state index in [1.165, 1.54) is 12.1 Å². The molecule has 0 radical (unpaired) electrons. The minimum Gasteiger partial charge on any atom is -0.479 e. The fourth-order valence-corrected chi connectivity index (χ4v) is 2.38. The molecule has 0 saturated heterocycles. The molecule has 5 nitrogen and oxygen atoms in total. The molecule has 21 heavy (non-hydrogen) atoms. The summed E-state index contributed by atoms with van der Waals surface area (Å²) in [4.78, 5) is 3.94. The third-order valence-electron chi connectivity index (χ3n) is 2.95. The summed E-state index contributed by atoms with van der Waals surface area (Å²) < 4.78 is 21.2. The average Bonchev–Trinajstić information content (AvgIpc) is 2.94. The summed E-state index contributed by atoms with van der Waals surface area (Å²) in [6, 6.07) is 6.35. The lowest BCUT2D eigenvalue weighted by molar-refractivity contribution is 0.114. The summed E-state index contributed by atoms with van der Waals surface area (Å²) in [5.41, 5.74) is 1.22. The first-order valence-electron chi connectivity index (χ1n) is 6.19. The Labute approximate surface area is 128 Å². The van der Waals surface area contributed by atoms with Gasteiger partial charge < -0.3 is 9.84 Å². The van der Waals surface area contributed by atoms with Crippen molar-refractivity contribution in [2.24, 2.45) is 0 Å². The second-order valence-corrected chi connectivity index (χ2v) is 5.29. The Balaban J connectivity index is 1.95. The Morgan fingerprint density at radius 3 is 2.95 bits per heavy atom. The molecule has 3 rings (SSSR count). The maximum absolute atomic E-state index is 12.9. The Bertz CT molecular complexity index is 761. The van der Waals surface area contributed by atoms with Crippen LogP contribution in [0.1, 0.15) is 11.8 Å². The molecule has 108 valence electrons. The molecule has 3 aromatic rings. The summed E-state index contributed by atoms with van der Waals surface area (Å²) in [7, 11) is 0. The van der Waals surface area contributed by atoms with Gasteiger partial charge in [-0.3, -0.25) is 4.98 Å². The van der Waals surface area contributed by atoms with E-state index in [9.17, 15) is 9.50 Å². The van der Waals surface area contributed by atoms with E-state index >= 15 is 0 Å². The van der Waals surface area contributed by atoms with E-state index in [1.807, 2.05) is 0 Å². The Hall–Kier alpha value is -1.99. The summed E-state index contributed by atoms with van der Waals surface area (Å²) >= 11 is 3.38. The van der Waals surface area contributed by atoms with Crippen LogP contribution in [0.25, 0.3) is 5.52 Å². The zero-order chi connectivity index (χ0) is 14.8. The fraction of sp³-hybridized carbons (Fsp3) is 0.143. The highest BCUT2D eigenvalue weighted by Gasteiger charge is 2.16. The second-order valence-electron chi connectivity index (χ2n) is 4.37. The van der Waals surface area contributed by atoms with Crippen molar-refractivity contribution in [2.75, 3.05) is 6.61 Å². The van der Waals surface area contributed by atoms with Crippen LogP contribution in [-0.4, -0.2) is 26.3 Å². The Morgan fingerprint density at radius 2 is 2.24 bits per heavy atom. The van der Waals surface area contributed by atoms with Gasteiger partial charge in [0.15, 0.2) is 6.10 Å². The fourth-order valence-electron chi connectivity index (χ4n) is 1.98. The average molecular weight is 352 g/mol.